The zero-order valence-corrected chi connectivity index (χ0v) is 12.5. The van der Waals surface area contributed by atoms with Crippen LogP contribution in [0.1, 0.15) is 26.3 Å². The minimum atomic E-state index is 0.400. The van der Waals surface area contributed by atoms with Crippen molar-refractivity contribution in [1.82, 2.24) is 5.32 Å². The third kappa shape index (κ3) is 5.38. The molecule has 2 nitrogen and oxygen atoms in total. The normalized spacial score (nSPS) is 14.8. The van der Waals surface area contributed by atoms with E-state index in [9.17, 15) is 0 Å². The molecule has 0 saturated carbocycles. The average Bonchev–Trinajstić information content (AvgIpc) is 2.31. The standard InChI is InChI=1S/C15H24ClNO/c1-11(2)15(10-18-4)17-12(3)9-13-5-7-14(16)8-6-13/h5-8,11-12,15,17H,9-10H2,1-4H3. The smallest absolute Gasteiger partial charge is 0.0618 e. The second-order valence-corrected chi connectivity index (χ2v) is 5.64. The lowest BCUT2D eigenvalue weighted by Crippen LogP contribution is -2.43. The van der Waals surface area contributed by atoms with Crippen molar-refractivity contribution in [2.45, 2.75) is 39.3 Å². The van der Waals surface area contributed by atoms with Gasteiger partial charge < -0.3 is 10.1 Å². The van der Waals surface area contributed by atoms with Crippen LogP contribution in [0, 0.1) is 5.92 Å². The van der Waals surface area contributed by atoms with E-state index in [1.807, 2.05) is 12.1 Å². The fraction of sp³-hybridized carbons (Fsp3) is 0.600. The first-order chi connectivity index (χ1) is 8.52. The molecule has 0 amide bonds. The van der Waals surface area contributed by atoms with E-state index in [2.05, 4.69) is 38.2 Å². The number of hydrogen-bond donors (Lipinski definition) is 1. The number of hydrogen-bond acceptors (Lipinski definition) is 2. The molecule has 1 N–H and O–H groups in total. The Kier molecular flexibility index (Phi) is 6.69. The molecule has 0 saturated heterocycles. The highest BCUT2D eigenvalue weighted by Gasteiger charge is 2.15. The van der Waals surface area contributed by atoms with Gasteiger partial charge in [-0.2, -0.15) is 0 Å². The molecule has 0 fully saturated rings. The summed E-state index contributed by atoms with van der Waals surface area (Å²) in [7, 11) is 1.75. The van der Waals surface area contributed by atoms with Gasteiger partial charge in [0, 0.05) is 24.2 Å². The average molecular weight is 270 g/mol. The number of ether oxygens (including phenoxy) is 1. The van der Waals surface area contributed by atoms with E-state index in [-0.39, 0.29) is 0 Å². The van der Waals surface area contributed by atoms with Gasteiger partial charge in [-0.3, -0.25) is 0 Å². The predicted molar refractivity (Wildman–Crippen MR) is 78.3 cm³/mol. The Morgan fingerprint density at radius 3 is 2.28 bits per heavy atom. The van der Waals surface area contributed by atoms with Crippen LogP contribution < -0.4 is 5.32 Å². The molecule has 0 aromatic heterocycles. The predicted octanol–water partition coefficient (Wildman–Crippen LogP) is 3.53. The maximum absolute atomic E-state index is 5.88. The Morgan fingerprint density at radius 2 is 1.78 bits per heavy atom. The summed E-state index contributed by atoms with van der Waals surface area (Å²) >= 11 is 5.88. The summed E-state index contributed by atoms with van der Waals surface area (Å²) in [5, 5.41) is 4.41. The SMILES string of the molecule is COCC(NC(C)Cc1ccc(Cl)cc1)C(C)C. The number of rotatable bonds is 7. The highest BCUT2D eigenvalue weighted by atomic mass is 35.5. The molecule has 0 spiro atoms. The fourth-order valence-corrected chi connectivity index (χ4v) is 2.14. The largest absolute Gasteiger partial charge is 0.383 e. The van der Waals surface area contributed by atoms with E-state index < -0.39 is 0 Å². The van der Waals surface area contributed by atoms with E-state index in [0.29, 0.717) is 18.0 Å². The first-order valence-electron chi connectivity index (χ1n) is 6.52. The first kappa shape index (κ1) is 15.5. The Hall–Kier alpha value is -0.570. The maximum Gasteiger partial charge on any atom is 0.0618 e. The van der Waals surface area contributed by atoms with Gasteiger partial charge in [0.25, 0.3) is 0 Å². The minimum absolute atomic E-state index is 0.400. The quantitative estimate of drug-likeness (QED) is 0.818. The van der Waals surface area contributed by atoms with Crippen LogP contribution in [0.25, 0.3) is 0 Å². The summed E-state index contributed by atoms with van der Waals surface area (Å²) in [4.78, 5) is 0. The van der Waals surface area contributed by atoms with Crippen molar-refractivity contribution in [3.8, 4) is 0 Å². The molecule has 2 unspecified atom stereocenters. The summed E-state index contributed by atoms with van der Waals surface area (Å²) < 4.78 is 5.25. The number of halogens is 1. The molecular weight excluding hydrogens is 246 g/mol. The van der Waals surface area contributed by atoms with Crippen molar-refractivity contribution < 1.29 is 4.74 Å². The van der Waals surface area contributed by atoms with Crippen molar-refractivity contribution in [2.75, 3.05) is 13.7 Å². The lowest BCUT2D eigenvalue weighted by atomic mass is 10.0. The maximum atomic E-state index is 5.88. The highest BCUT2D eigenvalue weighted by Crippen LogP contribution is 2.12. The van der Waals surface area contributed by atoms with Crippen LogP contribution in [-0.4, -0.2) is 25.8 Å². The van der Waals surface area contributed by atoms with Crippen molar-refractivity contribution in [2.24, 2.45) is 5.92 Å². The van der Waals surface area contributed by atoms with Crippen LogP contribution >= 0.6 is 11.6 Å². The number of nitrogens with one attached hydrogen (secondary N) is 1. The summed E-state index contributed by atoms with van der Waals surface area (Å²) in [6.45, 7) is 7.39. The molecule has 0 aliphatic carbocycles. The summed E-state index contributed by atoms with van der Waals surface area (Å²) in [6.07, 6.45) is 1.00. The van der Waals surface area contributed by atoms with Gasteiger partial charge in [-0.15, -0.1) is 0 Å². The van der Waals surface area contributed by atoms with Gasteiger partial charge >= 0.3 is 0 Å². The molecule has 1 aromatic rings. The van der Waals surface area contributed by atoms with Crippen LogP contribution in [0.3, 0.4) is 0 Å². The Morgan fingerprint density at radius 1 is 1.17 bits per heavy atom. The number of methoxy groups -OCH3 is 1. The topological polar surface area (TPSA) is 21.3 Å². The number of benzene rings is 1. The molecule has 3 heteroatoms. The van der Waals surface area contributed by atoms with Crippen LogP contribution in [0.4, 0.5) is 0 Å². The van der Waals surface area contributed by atoms with Gasteiger partial charge in [0.2, 0.25) is 0 Å². The van der Waals surface area contributed by atoms with Crippen molar-refractivity contribution in [3.05, 3.63) is 34.9 Å². The van der Waals surface area contributed by atoms with Crippen molar-refractivity contribution in [3.63, 3.8) is 0 Å². The van der Waals surface area contributed by atoms with Gasteiger partial charge in [-0.25, -0.2) is 0 Å². The van der Waals surface area contributed by atoms with Gasteiger partial charge in [0.15, 0.2) is 0 Å². The summed E-state index contributed by atoms with van der Waals surface area (Å²) in [5.74, 6) is 0.567. The monoisotopic (exact) mass is 269 g/mol. The van der Waals surface area contributed by atoms with Crippen LogP contribution in [-0.2, 0) is 11.2 Å². The van der Waals surface area contributed by atoms with Gasteiger partial charge in [-0.1, -0.05) is 37.6 Å². The van der Waals surface area contributed by atoms with Gasteiger partial charge in [0.1, 0.15) is 0 Å². The highest BCUT2D eigenvalue weighted by molar-refractivity contribution is 6.30. The molecule has 0 heterocycles. The summed E-state index contributed by atoms with van der Waals surface area (Å²) in [6, 6.07) is 8.88. The minimum Gasteiger partial charge on any atom is -0.383 e. The summed E-state index contributed by atoms with van der Waals surface area (Å²) in [5.41, 5.74) is 1.30. The van der Waals surface area contributed by atoms with Crippen molar-refractivity contribution >= 4 is 11.6 Å². The fourth-order valence-electron chi connectivity index (χ4n) is 2.01. The molecular formula is C15H24ClNO. The third-order valence-electron chi connectivity index (χ3n) is 3.10. The lowest BCUT2D eigenvalue weighted by Gasteiger charge is -2.26. The Labute approximate surface area is 116 Å². The van der Waals surface area contributed by atoms with E-state index in [4.69, 9.17) is 16.3 Å². The molecule has 0 radical (unpaired) electrons. The van der Waals surface area contributed by atoms with E-state index >= 15 is 0 Å². The zero-order valence-electron chi connectivity index (χ0n) is 11.7. The van der Waals surface area contributed by atoms with Crippen molar-refractivity contribution in [1.29, 1.82) is 0 Å². The van der Waals surface area contributed by atoms with Gasteiger partial charge in [0.05, 0.1) is 6.61 Å². The molecule has 2 atom stereocenters. The molecule has 18 heavy (non-hydrogen) atoms. The second-order valence-electron chi connectivity index (χ2n) is 5.20. The molecule has 0 aliphatic heterocycles. The molecule has 102 valence electrons. The second kappa shape index (κ2) is 7.78. The van der Waals surface area contributed by atoms with E-state index in [0.717, 1.165) is 18.1 Å². The third-order valence-corrected chi connectivity index (χ3v) is 3.36. The van der Waals surface area contributed by atoms with Crippen LogP contribution in [0.2, 0.25) is 5.02 Å². The van der Waals surface area contributed by atoms with Crippen LogP contribution in [0.15, 0.2) is 24.3 Å². The van der Waals surface area contributed by atoms with E-state index in [1.54, 1.807) is 7.11 Å². The first-order valence-corrected chi connectivity index (χ1v) is 6.90. The molecule has 0 aliphatic rings. The Bertz CT molecular complexity index is 337. The molecule has 0 bridgehead atoms. The lowest BCUT2D eigenvalue weighted by molar-refractivity contribution is 0.141. The van der Waals surface area contributed by atoms with Crippen LogP contribution in [0.5, 0.6) is 0 Å². The molecule has 1 aromatic carbocycles. The zero-order chi connectivity index (χ0) is 13.5. The molecule has 1 rings (SSSR count). The Balaban J connectivity index is 2.49. The van der Waals surface area contributed by atoms with E-state index in [1.165, 1.54) is 5.56 Å². The van der Waals surface area contributed by atoms with Gasteiger partial charge in [-0.05, 0) is 37.0 Å².